The fourth-order valence-electron chi connectivity index (χ4n) is 3.58. The van der Waals surface area contributed by atoms with E-state index in [9.17, 15) is 9.50 Å². The Morgan fingerprint density at radius 1 is 1.00 bits per heavy atom. The van der Waals surface area contributed by atoms with Crippen molar-refractivity contribution in [1.29, 1.82) is 0 Å². The van der Waals surface area contributed by atoms with Crippen LogP contribution in [0.25, 0.3) is 32.9 Å². The molecular formula is C22H17FN4O. The molecule has 0 aliphatic carbocycles. The molecule has 0 unspecified atom stereocenters. The molecule has 138 valence electrons. The first-order valence-electron chi connectivity index (χ1n) is 8.93. The summed E-state index contributed by atoms with van der Waals surface area (Å²) >= 11 is 0. The highest BCUT2D eigenvalue weighted by Gasteiger charge is 2.12. The summed E-state index contributed by atoms with van der Waals surface area (Å²) in [6.45, 7) is 0.219. The second-order valence-electron chi connectivity index (χ2n) is 6.90. The number of aromatic nitrogens is 4. The van der Waals surface area contributed by atoms with Gasteiger partial charge in [-0.2, -0.15) is 5.10 Å². The molecule has 6 heteroatoms. The molecule has 0 fully saturated rings. The number of halogens is 1. The Balaban J connectivity index is 1.55. The lowest BCUT2D eigenvalue weighted by Gasteiger charge is -2.09. The molecule has 2 aromatic carbocycles. The Morgan fingerprint density at radius 3 is 2.68 bits per heavy atom. The van der Waals surface area contributed by atoms with E-state index in [0.717, 1.165) is 22.0 Å². The van der Waals surface area contributed by atoms with Crippen LogP contribution in [0.15, 0.2) is 67.1 Å². The zero-order valence-corrected chi connectivity index (χ0v) is 15.2. The smallest absolute Gasteiger partial charge is 0.201 e. The SMILES string of the molecule is Cn1cc2cc(-c3ccc(F)c(Cn4cc5ncccc5c4O)c3)ccc2n1. The molecule has 0 atom stereocenters. The van der Waals surface area contributed by atoms with Crippen molar-refractivity contribution in [1.82, 2.24) is 19.3 Å². The van der Waals surface area contributed by atoms with Gasteiger partial charge in [0.2, 0.25) is 5.88 Å². The molecule has 0 aliphatic rings. The second-order valence-corrected chi connectivity index (χ2v) is 6.90. The molecule has 3 heterocycles. The first-order valence-corrected chi connectivity index (χ1v) is 8.93. The van der Waals surface area contributed by atoms with Crippen LogP contribution in [0.5, 0.6) is 5.88 Å². The Kier molecular flexibility index (Phi) is 3.65. The number of nitrogens with zero attached hydrogens (tertiary/aromatic N) is 4. The zero-order valence-electron chi connectivity index (χ0n) is 15.2. The molecule has 28 heavy (non-hydrogen) atoms. The fraction of sp³-hybridized carbons (Fsp3) is 0.0909. The lowest BCUT2D eigenvalue weighted by molar-refractivity contribution is 0.428. The van der Waals surface area contributed by atoms with Gasteiger partial charge >= 0.3 is 0 Å². The molecule has 5 aromatic rings. The summed E-state index contributed by atoms with van der Waals surface area (Å²) in [7, 11) is 1.89. The molecule has 0 amide bonds. The average Bonchev–Trinajstić information content (AvgIpc) is 3.22. The molecule has 0 bridgehead atoms. The summed E-state index contributed by atoms with van der Waals surface area (Å²) in [5.74, 6) is -0.221. The van der Waals surface area contributed by atoms with E-state index in [-0.39, 0.29) is 18.2 Å². The minimum absolute atomic E-state index is 0.0877. The van der Waals surface area contributed by atoms with Crippen LogP contribution >= 0.6 is 0 Å². The molecular weight excluding hydrogens is 355 g/mol. The number of hydrogen-bond acceptors (Lipinski definition) is 3. The third kappa shape index (κ3) is 2.70. The molecule has 0 aliphatic heterocycles. The van der Waals surface area contributed by atoms with Crippen LogP contribution in [0.1, 0.15) is 5.56 Å². The molecule has 0 saturated carbocycles. The summed E-state index contributed by atoms with van der Waals surface area (Å²) in [4.78, 5) is 4.24. The van der Waals surface area contributed by atoms with Gasteiger partial charge in [-0.05, 0) is 47.5 Å². The Bertz CT molecular complexity index is 1340. The predicted molar refractivity (Wildman–Crippen MR) is 107 cm³/mol. The maximum atomic E-state index is 14.5. The molecule has 5 rings (SSSR count). The summed E-state index contributed by atoms with van der Waals surface area (Å²) in [5.41, 5.74) is 4.00. The maximum absolute atomic E-state index is 14.5. The van der Waals surface area contributed by atoms with Crippen molar-refractivity contribution in [3.63, 3.8) is 0 Å². The standard InChI is InChI=1S/C22H17FN4O/c1-26-11-17-10-15(5-7-20(17)25-26)14-4-6-19(23)16(9-14)12-27-13-21-18(22(27)28)3-2-8-24-21/h2-11,13,28H,12H2,1H3. The van der Waals surface area contributed by atoms with Crippen LogP contribution in [0, 0.1) is 5.82 Å². The van der Waals surface area contributed by atoms with Crippen LogP contribution in [0.3, 0.4) is 0 Å². The first-order chi connectivity index (χ1) is 13.6. The second kappa shape index (κ2) is 6.20. The number of benzene rings is 2. The minimum Gasteiger partial charge on any atom is -0.494 e. The lowest BCUT2D eigenvalue weighted by atomic mass is 10.0. The van der Waals surface area contributed by atoms with Crippen LogP contribution in [-0.2, 0) is 13.6 Å². The Labute approximate surface area is 160 Å². The van der Waals surface area contributed by atoms with E-state index >= 15 is 0 Å². The van der Waals surface area contributed by atoms with E-state index in [4.69, 9.17) is 0 Å². The van der Waals surface area contributed by atoms with E-state index in [1.54, 1.807) is 39.8 Å². The van der Waals surface area contributed by atoms with Gasteiger partial charge in [0.1, 0.15) is 5.82 Å². The highest BCUT2D eigenvalue weighted by molar-refractivity contribution is 5.85. The molecule has 1 N–H and O–H groups in total. The highest BCUT2D eigenvalue weighted by Crippen LogP contribution is 2.29. The quantitative estimate of drug-likeness (QED) is 0.508. The molecule has 5 nitrogen and oxygen atoms in total. The summed E-state index contributed by atoms with van der Waals surface area (Å²) in [6, 6.07) is 14.6. The Morgan fingerprint density at radius 2 is 1.82 bits per heavy atom. The van der Waals surface area contributed by atoms with Crippen LogP contribution < -0.4 is 0 Å². The van der Waals surface area contributed by atoms with Crippen LogP contribution in [-0.4, -0.2) is 24.4 Å². The van der Waals surface area contributed by atoms with Gasteiger partial charge in [-0.3, -0.25) is 9.67 Å². The monoisotopic (exact) mass is 372 g/mol. The summed E-state index contributed by atoms with van der Waals surface area (Å²) in [6.07, 6.45) is 5.36. The minimum atomic E-state index is -0.309. The number of aryl methyl sites for hydroxylation is 1. The number of aromatic hydroxyl groups is 1. The van der Waals surface area contributed by atoms with Crippen molar-refractivity contribution in [3.8, 4) is 17.0 Å². The van der Waals surface area contributed by atoms with Gasteiger partial charge in [-0.25, -0.2) is 4.39 Å². The average molecular weight is 372 g/mol. The van der Waals surface area contributed by atoms with Crippen molar-refractivity contribution in [3.05, 3.63) is 78.5 Å². The number of fused-ring (bicyclic) bond motifs is 2. The van der Waals surface area contributed by atoms with Gasteiger partial charge in [-0.1, -0.05) is 12.1 Å². The van der Waals surface area contributed by atoms with Gasteiger partial charge in [0.15, 0.2) is 0 Å². The number of hydrogen-bond donors (Lipinski definition) is 1. The molecule has 0 spiro atoms. The van der Waals surface area contributed by atoms with Crippen LogP contribution in [0.4, 0.5) is 4.39 Å². The van der Waals surface area contributed by atoms with Crippen molar-refractivity contribution in [2.45, 2.75) is 6.54 Å². The maximum Gasteiger partial charge on any atom is 0.201 e. The Hall–Kier alpha value is -3.67. The molecule has 0 radical (unpaired) electrons. The first kappa shape index (κ1) is 16.5. The van der Waals surface area contributed by atoms with E-state index < -0.39 is 0 Å². The zero-order chi connectivity index (χ0) is 19.3. The van der Waals surface area contributed by atoms with Crippen molar-refractivity contribution < 1.29 is 9.50 Å². The van der Waals surface area contributed by atoms with E-state index in [2.05, 4.69) is 10.1 Å². The van der Waals surface area contributed by atoms with Crippen molar-refractivity contribution in [2.24, 2.45) is 7.05 Å². The van der Waals surface area contributed by atoms with Gasteiger partial charge in [-0.15, -0.1) is 0 Å². The van der Waals surface area contributed by atoms with Crippen molar-refractivity contribution >= 4 is 21.8 Å². The van der Waals surface area contributed by atoms with Gasteiger partial charge in [0.25, 0.3) is 0 Å². The molecule has 0 saturated heterocycles. The van der Waals surface area contributed by atoms with E-state index in [1.165, 1.54) is 6.07 Å². The van der Waals surface area contributed by atoms with E-state index in [1.807, 2.05) is 37.5 Å². The topological polar surface area (TPSA) is 55.9 Å². The lowest BCUT2D eigenvalue weighted by Crippen LogP contribution is -2.00. The normalized spacial score (nSPS) is 11.5. The number of rotatable bonds is 3. The van der Waals surface area contributed by atoms with Crippen LogP contribution in [0.2, 0.25) is 0 Å². The van der Waals surface area contributed by atoms with Gasteiger partial charge in [0.05, 0.1) is 23.0 Å². The van der Waals surface area contributed by atoms with Crippen molar-refractivity contribution in [2.75, 3.05) is 0 Å². The fourth-order valence-corrected chi connectivity index (χ4v) is 3.58. The van der Waals surface area contributed by atoms with Gasteiger partial charge < -0.3 is 9.67 Å². The predicted octanol–water partition coefficient (Wildman–Crippen LogP) is 4.48. The summed E-state index contributed by atoms with van der Waals surface area (Å²) in [5, 5.41) is 16.5. The third-order valence-corrected chi connectivity index (χ3v) is 4.97. The summed E-state index contributed by atoms with van der Waals surface area (Å²) < 4.78 is 17.9. The van der Waals surface area contributed by atoms with E-state index in [0.29, 0.717) is 16.5 Å². The number of pyridine rings is 1. The molecule has 3 aromatic heterocycles. The third-order valence-electron chi connectivity index (χ3n) is 4.97. The highest BCUT2D eigenvalue weighted by atomic mass is 19.1. The van der Waals surface area contributed by atoms with Gasteiger partial charge in [0, 0.05) is 36.6 Å². The largest absolute Gasteiger partial charge is 0.494 e.